The van der Waals surface area contributed by atoms with Crippen LogP contribution in [0.5, 0.6) is 0 Å². The molecule has 64 valence electrons. The van der Waals surface area contributed by atoms with Crippen LogP contribution in [0, 0.1) is 0 Å². The molecule has 2 amide bonds. The molecule has 1 rings (SSSR count). The number of H-pyrrole nitrogens is 1. The van der Waals surface area contributed by atoms with E-state index in [1.807, 2.05) is 0 Å². The second-order valence-electron chi connectivity index (χ2n) is 1.97. The number of anilines is 1. The minimum Gasteiger partial charge on any atom is -0.354 e. The van der Waals surface area contributed by atoms with Crippen molar-refractivity contribution in [3.8, 4) is 0 Å². The van der Waals surface area contributed by atoms with Gasteiger partial charge in [-0.15, -0.1) is 0 Å². The van der Waals surface area contributed by atoms with Gasteiger partial charge in [0.05, 0.1) is 6.33 Å². The lowest BCUT2D eigenvalue weighted by Crippen LogP contribution is -2.19. The molecule has 6 heteroatoms. The first-order valence-corrected chi connectivity index (χ1v) is 3.25. The Morgan fingerprint density at radius 2 is 2.50 bits per heavy atom. The summed E-state index contributed by atoms with van der Waals surface area (Å²) in [6.07, 6.45) is 1.79. The van der Waals surface area contributed by atoms with Crippen LogP contribution in [-0.4, -0.2) is 29.3 Å². The molecule has 0 aliphatic heterocycles. The van der Waals surface area contributed by atoms with Crippen molar-refractivity contribution in [1.82, 2.24) is 15.3 Å². The van der Waals surface area contributed by atoms with Gasteiger partial charge in [-0.25, -0.2) is 4.98 Å². The van der Waals surface area contributed by atoms with Crippen molar-refractivity contribution in [2.24, 2.45) is 0 Å². The number of imidazole rings is 1. The first-order valence-electron chi connectivity index (χ1n) is 3.25. The maximum atomic E-state index is 11.0. The third kappa shape index (κ3) is 1.42. The normalized spacial score (nSPS) is 9.08. The molecule has 0 radical (unpaired) electrons. The largest absolute Gasteiger partial charge is 0.354 e. The molecule has 1 aromatic heterocycles. The van der Waals surface area contributed by atoms with Gasteiger partial charge in [-0.05, 0) is 0 Å². The summed E-state index contributed by atoms with van der Waals surface area (Å²) in [6, 6.07) is 0. The molecule has 0 aliphatic carbocycles. The number of carbonyl (C=O) groups excluding carboxylic acids is 2. The minimum atomic E-state index is -0.322. The van der Waals surface area contributed by atoms with Crippen LogP contribution in [0.25, 0.3) is 0 Å². The number of carbonyl (C=O) groups is 2. The van der Waals surface area contributed by atoms with Gasteiger partial charge in [0.2, 0.25) is 6.41 Å². The topological polar surface area (TPSA) is 86.9 Å². The standard InChI is InChI=1S/C6H8N4O2/c1-7-6(12)4-5(10-3-11)9-2-8-4/h2-3H,1H3,(H,7,12)(H,8,9)(H,10,11). The van der Waals surface area contributed by atoms with E-state index in [1.54, 1.807) is 0 Å². The van der Waals surface area contributed by atoms with Gasteiger partial charge in [-0.3, -0.25) is 9.59 Å². The Labute approximate surface area is 68.4 Å². The molecule has 0 saturated carbocycles. The van der Waals surface area contributed by atoms with Crippen LogP contribution >= 0.6 is 0 Å². The molecule has 0 spiro atoms. The van der Waals surface area contributed by atoms with Crippen molar-refractivity contribution in [2.75, 3.05) is 12.4 Å². The van der Waals surface area contributed by atoms with Gasteiger partial charge in [0.15, 0.2) is 5.82 Å². The van der Waals surface area contributed by atoms with E-state index in [0.717, 1.165) is 0 Å². The third-order valence-electron chi connectivity index (χ3n) is 1.29. The zero-order chi connectivity index (χ0) is 8.97. The molecule has 0 unspecified atom stereocenters. The highest BCUT2D eigenvalue weighted by Gasteiger charge is 2.11. The van der Waals surface area contributed by atoms with E-state index in [9.17, 15) is 9.59 Å². The van der Waals surface area contributed by atoms with Crippen LogP contribution in [0.1, 0.15) is 10.5 Å². The summed E-state index contributed by atoms with van der Waals surface area (Å²) in [5, 5.41) is 4.69. The Morgan fingerprint density at radius 3 is 3.08 bits per heavy atom. The lowest BCUT2D eigenvalue weighted by atomic mass is 10.4. The smallest absolute Gasteiger partial charge is 0.271 e. The van der Waals surface area contributed by atoms with E-state index >= 15 is 0 Å². The highest BCUT2D eigenvalue weighted by molar-refractivity contribution is 5.98. The Hall–Kier alpha value is -1.85. The fourth-order valence-corrected chi connectivity index (χ4v) is 0.758. The Kier molecular flexibility index (Phi) is 2.42. The number of nitrogens with one attached hydrogen (secondary N) is 3. The van der Waals surface area contributed by atoms with Gasteiger partial charge in [-0.2, -0.15) is 0 Å². The summed E-state index contributed by atoms with van der Waals surface area (Å²) < 4.78 is 0. The SMILES string of the molecule is CNC(=O)c1[nH]cnc1NC=O. The summed E-state index contributed by atoms with van der Waals surface area (Å²) in [6.45, 7) is 0. The van der Waals surface area contributed by atoms with E-state index in [4.69, 9.17) is 0 Å². The fraction of sp³-hybridized carbons (Fsp3) is 0.167. The molecule has 12 heavy (non-hydrogen) atoms. The van der Waals surface area contributed by atoms with Crippen molar-refractivity contribution >= 4 is 18.1 Å². The lowest BCUT2D eigenvalue weighted by molar-refractivity contribution is -0.105. The Balaban J connectivity index is 2.90. The molecule has 1 heterocycles. The van der Waals surface area contributed by atoms with E-state index in [0.29, 0.717) is 6.41 Å². The van der Waals surface area contributed by atoms with E-state index in [-0.39, 0.29) is 17.4 Å². The van der Waals surface area contributed by atoms with Gasteiger partial charge in [0.1, 0.15) is 5.69 Å². The van der Waals surface area contributed by atoms with Crippen LogP contribution in [-0.2, 0) is 4.79 Å². The molecule has 0 aromatic carbocycles. The molecule has 0 atom stereocenters. The third-order valence-corrected chi connectivity index (χ3v) is 1.29. The Bertz CT molecular complexity index is 293. The molecule has 0 saturated heterocycles. The average Bonchev–Trinajstić information content (AvgIpc) is 2.52. The highest BCUT2D eigenvalue weighted by Crippen LogP contribution is 2.06. The first-order chi connectivity index (χ1) is 5.79. The molecule has 0 fully saturated rings. The molecule has 6 nitrogen and oxygen atoms in total. The number of rotatable bonds is 3. The number of hydrogen-bond donors (Lipinski definition) is 3. The van der Waals surface area contributed by atoms with E-state index in [2.05, 4.69) is 20.6 Å². The zero-order valence-electron chi connectivity index (χ0n) is 6.42. The van der Waals surface area contributed by atoms with Gasteiger partial charge >= 0.3 is 0 Å². The van der Waals surface area contributed by atoms with Gasteiger partial charge in [0.25, 0.3) is 5.91 Å². The summed E-state index contributed by atoms with van der Waals surface area (Å²) >= 11 is 0. The number of aromatic amines is 1. The van der Waals surface area contributed by atoms with Gasteiger partial charge in [-0.1, -0.05) is 0 Å². The van der Waals surface area contributed by atoms with Crippen molar-refractivity contribution in [1.29, 1.82) is 0 Å². The second kappa shape index (κ2) is 3.51. The van der Waals surface area contributed by atoms with Crippen LogP contribution in [0.15, 0.2) is 6.33 Å². The number of hydrogen-bond acceptors (Lipinski definition) is 3. The van der Waals surface area contributed by atoms with Crippen molar-refractivity contribution in [3.63, 3.8) is 0 Å². The van der Waals surface area contributed by atoms with Crippen LogP contribution in [0.2, 0.25) is 0 Å². The molecular formula is C6H8N4O2. The molecule has 3 N–H and O–H groups in total. The van der Waals surface area contributed by atoms with Crippen LogP contribution in [0.4, 0.5) is 5.82 Å². The molecule has 0 bridgehead atoms. The van der Waals surface area contributed by atoms with Crippen molar-refractivity contribution < 1.29 is 9.59 Å². The fourth-order valence-electron chi connectivity index (χ4n) is 0.758. The number of nitrogens with zero attached hydrogens (tertiary/aromatic N) is 1. The maximum Gasteiger partial charge on any atom is 0.271 e. The Morgan fingerprint density at radius 1 is 1.75 bits per heavy atom. The molecule has 1 aromatic rings. The van der Waals surface area contributed by atoms with E-state index in [1.165, 1.54) is 13.4 Å². The molecule has 0 aliphatic rings. The van der Waals surface area contributed by atoms with Gasteiger partial charge < -0.3 is 15.6 Å². The summed E-state index contributed by atoms with van der Waals surface area (Å²) in [7, 11) is 1.49. The summed E-state index contributed by atoms with van der Waals surface area (Å²) in [5.41, 5.74) is 0.240. The first kappa shape index (κ1) is 8.25. The van der Waals surface area contributed by atoms with Gasteiger partial charge in [0, 0.05) is 7.05 Å². The zero-order valence-corrected chi connectivity index (χ0v) is 6.42. The number of amides is 2. The molecular weight excluding hydrogens is 160 g/mol. The summed E-state index contributed by atoms with van der Waals surface area (Å²) in [5.74, 6) is -0.0961. The highest BCUT2D eigenvalue weighted by atomic mass is 16.2. The monoisotopic (exact) mass is 168 g/mol. The minimum absolute atomic E-state index is 0.226. The number of aromatic nitrogens is 2. The van der Waals surface area contributed by atoms with Crippen LogP contribution in [0.3, 0.4) is 0 Å². The van der Waals surface area contributed by atoms with E-state index < -0.39 is 0 Å². The quantitative estimate of drug-likeness (QED) is 0.523. The summed E-state index contributed by atoms with van der Waals surface area (Å²) in [4.78, 5) is 27.4. The average molecular weight is 168 g/mol. The second-order valence-corrected chi connectivity index (χ2v) is 1.97. The lowest BCUT2D eigenvalue weighted by Gasteiger charge is -1.97. The van der Waals surface area contributed by atoms with Crippen molar-refractivity contribution in [2.45, 2.75) is 0 Å². The van der Waals surface area contributed by atoms with Crippen molar-refractivity contribution in [3.05, 3.63) is 12.0 Å². The predicted octanol–water partition coefficient (Wildman–Crippen LogP) is -0.662. The maximum absolute atomic E-state index is 11.0. The predicted molar refractivity (Wildman–Crippen MR) is 41.7 cm³/mol. The van der Waals surface area contributed by atoms with Crippen LogP contribution < -0.4 is 10.6 Å².